The molecular weight excluding hydrogens is 374 g/mol. The largest absolute Gasteiger partial charge is 0.243 e. The second-order valence-electron chi connectivity index (χ2n) is 6.32. The molecule has 1 aromatic rings. The molecule has 1 aliphatic carbocycles. The normalized spacial score (nSPS) is 21.0. The number of hydrogen-bond acceptors (Lipinski definition) is 2. The summed E-state index contributed by atoms with van der Waals surface area (Å²) in [6.07, 6.45) is 11.8. The first-order valence-corrected chi connectivity index (χ1v) is 10.3. The van der Waals surface area contributed by atoms with Gasteiger partial charge in [0.05, 0.1) is 4.90 Å². The summed E-state index contributed by atoms with van der Waals surface area (Å²) in [5, 5.41) is 0. The third-order valence-electron chi connectivity index (χ3n) is 4.80. The number of rotatable bonds is 3. The maximum absolute atomic E-state index is 12.8. The molecule has 0 spiro atoms. The average Bonchev–Trinajstić information content (AvgIpc) is 2.58. The van der Waals surface area contributed by atoms with Gasteiger partial charge in [-0.2, -0.15) is 4.31 Å². The first-order valence-electron chi connectivity index (χ1n) is 8.08. The van der Waals surface area contributed by atoms with Crippen molar-refractivity contribution in [2.75, 3.05) is 13.1 Å². The zero-order valence-electron chi connectivity index (χ0n) is 13.3. The Labute approximate surface area is 147 Å². The third-order valence-corrected chi connectivity index (χ3v) is 7.58. The van der Waals surface area contributed by atoms with E-state index >= 15 is 0 Å². The second kappa shape index (κ2) is 6.91. The molecule has 0 unspecified atom stereocenters. The molecule has 1 aromatic carbocycles. The summed E-state index contributed by atoms with van der Waals surface area (Å²) < 4.78 is 28.2. The van der Waals surface area contributed by atoms with Gasteiger partial charge in [-0.15, -0.1) is 0 Å². The van der Waals surface area contributed by atoms with E-state index in [4.69, 9.17) is 0 Å². The van der Waals surface area contributed by atoms with E-state index in [0.29, 0.717) is 29.8 Å². The lowest BCUT2D eigenvalue weighted by atomic mass is 9.83. The van der Waals surface area contributed by atoms with Crippen molar-refractivity contribution in [3.05, 3.63) is 52.5 Å². The summed E-state index contributed by atoms with van der Waals surface area (Å²) in [6, 6.07) is 5.25. The molecule has 0 N–H and O–H groups in total. The molecule has 1 heterocycles. The van der Waals surface area contributed by atoms with Gasteiger partial charge in [0.1, 0.15) is 0 Å². The maximum Gasteiger partial charge on any atom is 0.243 e. The first-order chi connectivity index (χ1) is 11.0. The topological polar surface area (TPSA) is 37.4 Å². The van der Waals surface area contributed by atoms with Crippen LogP contribution in [-0.4, -0.2) is 25.8 Å². The smallest absolute Gasteiger partial charge is 0.207 e. The number of aryl methyl sites for hydroxylation is 1. The van der Waals surface area contributed by atoms with Gasteiger partial charge in [0.2, 0.25) is 10.0 Å². The summed E-state index contributed by atoms with van der Waals surface area (Å²) in [4.78, 5) is 0.397. The van der Waals surface area contributed by atoms with Crippen LogP contribution >= 0.6 is 15.9 Å². The predicted octanol–water partition coefficient (Wildman–Crippen LogP) is 4.29. The van der Waals surface area contributed by atoms with Crippen LogP contribution in [0.5, 0.6) is 0 Å². The fourth-order valence-corrected chi connectivity index (χ4v) is 5.16. The summed E-state index contributed by atoms with van der Waals surface area (Å²) >= 11 is 3.42. The van der Waals surface area contributed by atoms with E-state index < -0.39 is 10.0 Å². The van der Waals surface area contributed by atoms with Crippen molar-refractivity contribution in [1.29, 1.82) is 0 Å². The van der Waals surface area contributed by atoms with Crippen LogP contribution in [0.4, 0.5) is 0 Å². The van der Waals surface area contributed by atoms with Crippen LogP contribution in [0.3, 0.4) is 0 Å². The number of sulfonamides is 1. The van der Waals surface area contributed by atoms with Crippen LogP contribution in [0.15, 0.2) is 51.9 Å². The molecule has 23 heavy (non-hydrogen) atoms. The standard InChI is InChI=1S/C18H22BrNO2S/c1-14-13-17(7-8-18(14)19)23(21,22)20-11-9-16(10-12-20)15-5-3-2-4-6-15/h3-8,13,15-16H,2,9-12H2,1H3. The molecule has 1 fully saturated rings. The Hall–Kier alpha value is -0.910. The highest BCUT2D eigenvalue weighted by atomic mass is 79.9. The predicted molar refractivity (Wildman–Crippen MR) is 96.7 cm³/mol. The lowest BCUT2D eigenvalue weighted by Crippen LogP contribution is -2.39. The zero-order valence-corrected chi connectivity index (χ0v) is 15.7. The molecule has 2 aliphatic rings. The van der Waals surface area contributed by atoms with Crippen LogP contribution in [0, 0.1) is 18.8 Å². The first kappa shape index (κ1) is 16.9. The van der Waals surface area contributed by atoms with Crippen LogP contribution < -0.4 is 0 Å². The number of benzene rings is 1. The summed E-state index contributed by atoms with van der Waals surface area (Å²) in [6.45, 7) is 3.14. The van der Waals surface area contributed by atoms with Gasteiger partial charge in [0, 0.05) is 17.6 Å². The van der Waals surface area contributed by atoms with E-state index in [-0.39, 0.29) is 0 Å². The minimum absolute atomic E-state index is 0.397. The van der Waals surface area contributed by atoms with Gasteiger partial charge in [-0.25, -0.2) is 8.42 Å². The Kier molecular flexibility index (Phi) is 5.09. The summed E-state index contributed by atoms with van der Waals surface area (Å²) in [7, 11) is -3.38. The van der Waals surface area contributed by atoms with E-state index in [0.717, 1.165) is 29.3 Å². The molecule has 0 atom stereocenters. The van der Waals surface area contributed by atoms with Gasteiger partial charge < -0.3 is 0 Å². The van der Waals surface area contributed by atoms with Crippen molar-refractivity contribution in [2.45, 2.75) is 31.1 Å². The minimum Gasteiger partial charge on any atom is -0.207 e. The fourth-order valence-electron chi connectivity index (χ4n) is 3.36. The van der Waals surface area contributed by atoms with Crippen molar-refractivity contribution in [1.82, 2.24) is 4.31 Å². The number of halogens is 1. The fraction of sp³-hybridized carbons (Fsp3) is 0.444. The molecule has 0 radical (unpaired) electrons. The highest BCUT2D eigenvalue weighted by Crippen LogP contribution is 2.31. The molecule has 124 valence electrons. The van der Waals surface area contributed by atoms with Crippen LogP contribution in [0.1, 0.15) is 24.8 Å². The molecular formula is C18H22BrNO2S. The second-order valence-corrected chi connectivity index (χ2v) is 9.11. The molecule has 0 amide bonds. The van der Waals surface area contributed by atoms with Crippen molar-refractivity contribution in [3.63, 3.8) is 0 Å². The van der Waals surface area contributed by atoms with Gasteiger partial charge in [0.25, 0.3) is 0 Å². The minimum atomic E-state index is -3.38. The van der Waals surface area contributed by atoms with Gasteiger partial charge in [-0.05, 0) is 61.8 Å². The molecule has 3 nitrogen and oxygen atoms in total. The average molecular weight is 396 g/mol. The van der Waals surface area contributed by atoms with Crippen LogP contribution in [0.2, 0.25) is 0 Å². The highest BCUT2D eigenvalue weighted by Gasteiger charge is 2.31. The molecule has 0 bridgehead atoms. The molecule has 0 aromatic heterocycles. The van der Waals surface area contributed by atoms with Gasteiger partial charge in [-0.3, -0.25) is 0 Å². The zero-order chi connectivity index (χ0) is 16.4. The Morgan fingerprint density at radius 2 is 1.78 bits per heavy atom. The van der Waals surface area contributed by atoms with Crippen molar-refractivity contribution in [3.8, 4) is 0 Å². The Morgan fingerprint density at radius 1 is 1.13 bits per heavy atom. The Balaban J connectivity index is 1.70. The molecule has 1 saturated heterocycles. The van der Waals surface area contributed by atoms with E-state index in [1.165, 1.54) is 0 Å². The third kappa shape index (κ3) is 3.62. The maximum atomic E-state index is 12.8. The SMILES string of the molecule is Cc1cc(S(=O)(=O)N2CCC(C3C=CCC=C3)CC2)ccc1Br. The number of piperidine rings is 1. The van der Waals surface area contributed by atoms with E-state index in [1.54, 1.807) is 16.4 Å². The van der Waals surface area contributed by atoms with E-state index in [1.807, 2.05) is 13.0 Å². The van der Waals surface area contributed by atoms with Gasteiger partial charge >= 0.3 is 0 Å². The van der Waals surface area contributed by atoms with Gasteiger partial charge in [0.15, 0.2) is 0 Å². The van der Waals surface area contributed by atoms with Crippen LogP contribution in [-0.2, 0) is 10.0 Å². The summed E-state index contributed by atoms with van der Waals surface area (Å²) in [5.41, 5.74) is 0.943. The Bertz CT molecular complexity index is 719. The molecule has 1 aliphatic heterocycles. The molecule has 5 heteroatoms. The lowest BCUT2D eigenvalue weighted by molar-refractivity contribution is 0.250. The van der Waals surface area contributed by atoms with Gasteiger partial charge in [-0.1, -0.05) is 40.2 Å². The van der Waals surface area contributed by atoms with E-state index in [2.05, 4.69) is 40.2 Å². The summed E-state index contributed by atoms with van der Waals surface area (Å²) in [5.74, 6) is 1.03. The monoisotopic (exact) mass is 395 g/mol. The van der Waals surface area contributed by atoms with Crippen molar-refractivity contribution >= 4 is 26.0 Å². The van der Waals surface area contributed by atoms with Crippen LogP contribution in [0.25, 0.3) is 0 Å². The number of nitrogens with zero attached hydrogens (tertiary/aromatic N) is 1. The number of hydrogen-bond donors (Lipinski definition) is 0. The van der Waals surface area contributed by atoms with E-state index in [9.17, 15) is 8.42 Å². The van der Waals surface area contributed by atoms with Crippen molar-refractivity contribution < 1.29 is 8.42 Å². The molecule has 0 saturated carbocycles. The lowest BCUT2D eigenvalue weighted by Gasteiger charge is -2.34. The molecule has 3 rings (SSSR count). The van der Waals surface area contributed by atoms with Crippen molar-refractivity contribution in [2.24, 2.45) is 11.8 Å². The highest BCUT2D eigenvalue weighted by molar-refractivity contribution is 9.10. The number of allylic oxidation sites excluding steroid dienone is 4. The quantitative estimate of drug-likeness (QED) is 0.715. The Morgan fingerprint density at radius 3 is 2.39 bits per heavy atom.